The van der Waals surface area contributed by atoms with Crippen LogP contribution in [0.3, 0.4) is 0 Å². The SMILES string of the molecule is C/C(=C\CC(C)C)CN(C)CC1CCCNC1.CC. The summed E-state index contributed by atoms with van der Waals surface area (Å²) in [5.74, 6) is 1.63. The Kier molecular flexibility index (Phi) is 11.3. The van der Waals surface area contributed by atoms with E-state index in [0.29, 0.717) is 0 Å². The van der Waals surface area contributed by atoms with E-state index in [1.54, 1.807) is 0 Å². The second kappa shape index (κ2) is 11.5. The van der Waals surface area contributed by atoms with Gasteiger partial charge in [-0.15, -0.1) is 0 Å². The predicted molar refractivity (Wildman–Crippen MR) is 87.7 cm³/mol. The molecule has 1 atom stereocenters. The zero-order valence-corrected chi connectivity index (χ0v) is 14.1. The lowest BCUT2D eigenvalue weighted by molar-refractivity contribution is 0.256. The molecule has 1 unspecified atom stereocenters. The molecular weight excluding hydrogens is 232 g/mol. The lowest BCUT2D eigenvalue weighted by Gasteiger charge is -2.27. The van der Waals surface area contributed by atoms with Crippen molar-refractivity contribution < 1.29 is 0 Å². The normalized spacial score (nSPS) is 20.4. The molecule has 1 saturated heterocycles. The highest BCUT2D eigenvalue weighted by Gasteiger charge is 2.14. The molecule has 1 N–H and O–H groups in total. The van der Waals surface area contributed by atoms with Crippen molar-refractivity contribution in [3.8, 4) is 0 Å². The van der Waals surface area contributed by atoms with Gasteiger partial charge in [0.1, 0.15) is 0 Å². The van der Waals surface area contributed by atoms with E-state index < -0.39 is 0 Å². The van der Waals surface area contributed by atoms with Crippen LogP contribution in [0.1, 0.15) is 53.9 Å². The van der Waals surface area contributed by atoms with Gasteiger partial charge in [-0.05, 0) is 58.2 Å². The zero-order chi connectivity index (χ0) is 14.7. The molecule has 0 aromatic rings. The molecule has 1 aliphatic heterocycles. The van der Waals surface area contributed by atoms with Crippen LogP contribution in [0.15, 0.2) is 11.6 Å². The summed E-state index contributed by atoms with van der Waals surface area (Å²) < 4.78 is 0. The van der Waals surface area contributed by atoms with Crippen molar-refractivity contribution in [3.05, 3.63) is 11.6 Å². The molecule has 2 heteroatoms. The summed E-state index contributed by atoms with van der Waals surface area (Å²) in [7, 11) is 2.25. The van der Waals surface area contributed by atoms with Gasteiger partial charge in [0.15, 0.2) is 0 Å². The summed E-state index contributed by atoms with van der Waals surface area (Å²) >= 11 is 0. The maximum Gasteiger partial charge on any atom is 0.0187 e. The molecule has 0 bridgehead atoms. The van der Waals surface area contributed by atoms with Crippen LogP contribution in [-0.2, 0) is 0 Å². The summed E-state index contributed by atoms with van der Waals surface area (Å²) in [6.07, 6.45) is 6.36. The number of hydrogen-bond acceptors (Lipinski definition) is 2. The van der Waals surface area contributed by atoms with Crippen LogP contribution in [0.25, 0.3) is 0 Å². The molecule has 0 saturated carbocycles. The molecule has 1 rings (SSSR count). The number of nitrogens with one attached hydrogen (secondary N) is 1. The smallest absolute Gasteiger partial charge is 0.0187 e. The van der Waals surface area contributed by atoms with Crippen molar-refractivity contribution in [3.63, 3.8) is 0 Å². The Morgan fingerprint density at radius 2 is 2.05 bits per heavy atom. The molecule has 1 aliphatic rings. The average molecular weight is 268 g/mol. The van der Waals surface area contributed by atoms with Crippen molar-refractivity contribution in [2.24, 2.45) is 11.8 Å². The highest BCUT2D eigenvalue weighted by Crippen LogP contribution is 2.12. The Labute approximate surface area is 121 Å². The third kappa shape index (κ3) is 10.1. The van der Waals surface area contributed by atoms with Crippen molar-refractivity contribution in [1.29, 1.82) is 0 Å². The van der Waals surface area contributed by atoms with E-state index >= 15 is 0 Å². The summed E-state index contributed by atoms with van der Waals surface area (Å²) in [4.78, 5) is 2.48. The maximum absolute atomic E-state index is 3.49. The predicted octanol–water partition coefficient (Wildman–Crippen LogP) is 3.94. The molecule has 2 nitrogen and oxygen atoms in total. The van der Waals surface area contributed by atoms with Crippen molar-refractivity contribution in [2.75, 3.05) is 33.2 Å². The minimum absolute atomic E-state index is 0.776. The van der Waals surface area contributed by atoms with Crippen molar-refractivity contribution >= 4 is 0 Å². The highest BCUT2D eigenvalue weighted by molar-refractivity contribution is 5.00. The molecule has 0 aliphatic carbocycles. The number of nitrogens with zero attached hydrogens (tertiary/aromatic N) is 1. The Balaban J connectivity index is 0.00000154. The first-order valence-electron chi connectivity index (χ1n) is 8.12. The van der Waals surface area contributed by atoms with Gasteiger partial charge in [0.2, 0.25) is 0 Å². The van der Waals surface area contributed by atoms with Crippen molar-refractivity contribution in [1.82, 2.24) is 10.2 Å². The zero-order valence-electron chi connectivity index (χ0n) is 14.1. The van der Waals surface area contributed by atoms with Crippen LogP contribution >= 0.6 is 0 Å². The van der Waals surface area contributed by atoms with E-state index in [9.17, 15) is 0 Å². The minimum Gasteiger partial charge on any atom is -0.316 e. The Morgan fingerprint density at radius 3 is 2.58 bits per heavy atom. The number of piperidine rings is 1. The van der Waals surface area contributed by atoms with Gasteiger partial charge in [0.05, 0.1) is 0 Å². The molecular formula is C17H36N2. The van der Waals surface area contributed by atoms with Gasteiger partial charge in [-0.3, -0.25) is 0 Å². The summed E-state index contributed by atoms with van der Waals surface area (Å²) in [6, 6.07) is 0. The van der Waals surface area contributed by atoms with Crippen molar-refractivity contribution in [2.45, 2.75) is 53.9 Å². The number of allylic oxidation sites excluding steroid dienone is 1. The molecule has 0 aromatic carbocycles. The third-order valence-corrected chi connectivity index (χ3v) is 3.43. The Hall–Kier alpha value is -0.340. The molecule has 0 amide bonds. The van der Waals surface area contributed by atoms with Crippen LogP contribution < -0.4 is 5.32 Å². The van der Waals surface area contributed by atoms with Gasteiger partial charge in [0, 0.05) is 13.1 Å². The number of rotatable bonds is 6. The maximum atomic E-state index is 3.49. The van der Waals surface area contributed by atoms with Gasteiger partial charge in [-0.1, -0.05) is 39.3 Å². The fourth-order valence-electron chi connectivity index (χ4n) is 2.51. The van der Waals surface area contributed by atoms with E-state index in [0.717, 1.165) is 18.4 Å². The van der Waals surface area contributed by atoms with E-state index in [2.05, 4.69) is 44.1 Å². The summed E-state index contributed by atoms with van der Waals surface area (Å²) in [6.45, 7) is 15.6. The van der Waals surface area contributed by atoms with E-state index in [1.807, 2.05) is 13.8 Å². The molecule has 114 valence electrons. The Morgan fingerprint density at radius 1 is 1.37 bits per heavy atom. The van der Waals surface area contributed by atoms with Gasteiger partial charge >= 0.3 is 0 Å². The van der Waals surface area contributed by atoms with Crippen LogP contribution in [0.4, 0.5) is 0 Å². The molecule has 19 heavy (non-hydrogen) atoms. The highest BCUT2D eigenvalue weighted by atomic mass is 15.1. The standard InChI is InChI=1S/C15H30N2.C2H6/c1-13(2)7-8-14(3)11-17(4)12-15-6-5-9-16-10-15;1-2/h8,13,15-16H,5-7,9-12H2,1-4H3;1-2H3/b14-8+;. The van der Waals surface area contributed by atoms with E-state index in [1.165, 1.54) is 44.5 Å². The monoisotopic (exact) mass is 268 g/mol. The average Bonchev–Trinajstić information content (AvgIpc) is 2.39. The quantitative estimate of drug-likeness (QED) is 0.734. The van der Waals surface area contributed by atoms with E-state index in [4.69, 9.17) is 0 Å². The van der Waals surface area contributed by atoms with Crippen LogP contribution in [0.5, 0.6) is 0 Å². The minimum atomic E-state index is 0.776. The lowest BCUT2D eigenvalue weighted by Crippen LogP contribution is -2.37. The fraction of sp³-hybridized carbons (Fsp3) is 0.882. The van der Waals surface area contributed by atoms with Gasteiger partial charge < -0.3 is 10.2 Å². The first kappa shape index (κ1) is 18.7. The molecule has 0 aromatic heterocycles. The molecule has 1 heterocycles. The first-order valence-corrected chi connectivity index (χ1v) is 8.12. The molecule has 1 fully saturated rings. The van der Waals surface area contributed by atoms with E-state index in [-0.39, 0.29) is 0 Å². The number of likely N-dealkylation sites (N-methyl/N-ethyl adjacent to an activating group) is 1. The van der Waals surface area contributed by atoms with Gasteiger partial charge in [0.25, 0.3) is 0 Å². The summed E-state index contributed by atoms with van der Waals surface area (Å²) in [5, 5.41) is 3.49. The Bertz CT molecular complexity index is 227. The van der Waals surface area contributed by atoms with Gasteiger partial charge in [-0.2, -0.15) is 0 Å². The van der Waals surface area contributed by atoms with Crippen LogP contribution in [-0.4, -0.2) is 38.1 Å². The van der Waals surface area contributed by atoms with Crippen LogP contribution in [0.2, 0.25) is 0 Å². The topological polar surface area (TPSA) is 15.3 Å². The van der Waals surface area contributed by atoms with Crippen LogP contribution in [0, 0.1) is 11.8 Å². The fourth-order valence-corrected chi connectivity index (χ4v) is 2.51. The van der Waals surface area contributed by atoms with Gasteiger partial charge in [-0.25, -0.2) is 0 Å². The third-order valence-electron chi connectivity index (χ3n) is 3.43. The molecule has 0 radical (unpaired) electrons. The number of hydrogen-bond donors (Lipinski definition) is 1. The second-order valence-electron chi connectivity index (χ2n) is 6.09. The molecule has 0 spiro atoms. The summed E-state index contributed by atoms with van der Waals surface area (Å²) in [5.41, 5.74) is 1.52. The largest absolute Gasteiger partial charge is 0.316 e. The first-order chi connectivity index (χ1) is 9.08. The second-order valence-corrected chi connectivity index (χ2v) is 6.09. The lowest BCUT2D eigenvalue weighted by atomic mass is 9.99.